The highest BCUT2D eigenvalue weighted by Crippen LogP contribution is 2.45. The van der Waals surface area contributed by atoms with Crippen molar-refractivity contribution in [2.75, 3.05) is 11.5 Å². The number of hydrogen-bond acceptors (Lipinski definition) is 2. The molecule has 2 aliphatic rings. The zero-order chi connectivity index (χ0) is 7.95. The van der Waals surface area contributed by atoms with Gasteiger partial charge in [-0.25, -0.2) is 4.21 Å². The highest BCUT2D eigenvalue weighted by molar-refractivity contribution is 7.93. The summed E-state index contributed by atoms with van der Waals surface area (Å²) in [5.41, 5.74) is 0.372. The highest BCUT2D eigenvalue weighted by Gasteiger charge is 2.45. The zero-order valence-corrected chi connectivity index (χ0v) is 7.58. The van der Waals surface area contributed by atoms with Gasteiger partial charge in [-0.2, -0.15) is 0 Å². The largest absolute Gasteiger partial charge is 0.253 e. The van der Waals surface area contributed by atoms with Gasteiger partial charge in [0.25, 0.3) is 0 Å². The second kappa shape index (κ2) is 2.22. The van der Waals surface area contributed by atoms with Crippen molar-refractivity contribution < 1.29 is 4.21 Å². The van der Waals surface area contributed by atoms with E-state index in [9.17, 15) is 4.21 Å². The number of hydrogen-bond donors (Lipinski definition) is 1. The van der Waals surface area contributed by atoms with Crippen molar-refractivity contribution in [3.8, 4) is 0 Å². The minimum atomic E-state index is -2.09. The zero-order valence-electron chi connectivity index (χ0n) is 6.77. The van der Waals surface area contributed by atoms with Crippen LogP contribution < -0.4 is 0 Å². The lowest BCUT2D eigenvalue weighted by molar-refractivity contribution is 0.232. The molecule has 1 saturated heterocycles. The molecule has 0 atom stereocenters. The Kier molecular flexibility index (Phi) is 1.53. The van der Waals surface area contributed by atoms with Crippen molar-refractivity contribution in [2.45, 2.75) is 32.1 Å². The molecule has 0 amide bonds. The molecule has 11 heavy (non-hydrogen) atoms. The summed E-state index contributed by atoms with van der Waals surface area (Å²) in [6, 6.07) is 0. The Balaban J connectivity index is 2.05. The molecule has 1 heterocycles. The quantitative estimate of drug-likeness (QED) is 0.598. The summed E-state index contributed by atoms with van der Waals surface area (Å²) in [6.07, 6.45) is 6.43. The Hall–Kier alpha value is -0.0500. The first kappa shape index (κ1) is 7.59. The summed E-state index contributed by atoms with van der Waals surface area (Å²) < 4.78 is 18.5. The topological polar surface area (TPSA) is 40.9 Å². The van der Waals surface area contributed by atoms with E-state index in [-0.39, 0.29) is 0 Å². The minimum absolute atomic E-state index is 0.372. The van der Waals surface area contributed by atoms with Crippen molar-refractivity contribution in [3.05, 3.63) is 0 Å². The van der Waals surface area contributed by atoms with E-state index in [0.717, 1.165) is 0 Å². The average Bonchev–Trinajstić information content (AvgIpc) is 1.85. The van der Waals surface area contributed by atoms with E-state index < -0.39 is 9.73 Å². The lowest BCUT2D eigenvalue weighted by atomic mass is 9.76. The Bertz CT molecular complexity index is 235. The van der Waals surface area contributed by atoms with Crippen LogP contribution in [0.2, 0.25) is 0 Å². The summed E-state index contributed by atoms with van der Waals surface area (Å²) in [4.78, 5) is 0. The van der Waals surface area contributed by atoms with Crippen LogP contribution in [0.15, 0.2) is 0 Å². The molecule has 0 unspecified atom stereocenters. The van der Waals surface area contributed by atoms with Gasteiger partial charge in [-0.05, 0) is 18.3 Å². The van der Waals surface area contributed by atoms with Gasteiger partial charge in [-0.15, -0.1) is 0 Å². The van der Waals surface area contributed by atoms with Gasteiger partial charge < -0.3 is 0 Å². The fourth-order valence-corrected chi connectivity index (χ4v) is 5.01. The molecule has 1 aliphatic heterocycles. The van der Waals surface area contributed by atoms with Crippen LogP contribution in [0.25, 0.3) is 0 Å². The monoisotopic (exact) mass is 173 g/mol. The van der Waals surface area contributed by atoms with Gasteiger partial charge in [0.15, 0.2) is 0 Å². The number of rotatable bonds is 0. The van der Waals surface area contributed by atoms with Crippen molar-refractivity contribution in [3.63, 3.8) is 0 Å². The van der Waals surface area contributed by atoms with E-state index in [1.807, 2.05) is 0 Å². The molecule has 0 aromatic heterocycles. The Morgan fingerprint density at radius 3 is 2.09 bits per heavy atom. The van der Waals surface area contributed by atoms with E-state index >= 15 is 0 Å². The fourth-order valence-electron chi connectivity index (χ4n) is 2.54. The molecule has 0 aromatic rings. The molecule has 2 rings (SSSR count). The van der Waals surface area contributed by atoms with Crippen LogP contribution in [0.3, 0.4) is 0 Å². The molecule has 0 bridgehead atoms. The summed E-state index contributed by atoms with van der Waals surface area (Å²) in [5, 5.41) is 0. The van der Waals surface area contributed by atoms with Crippen LogP contribution in [0.1, 0.15) is 32.1 Å². The predicted octanol–water partition coefficient (Wildman–Crippen LogP) is 2.00. The first-order valence-corrected chi connectivity index (χ1v) is 6.26. The van der Waals surface area contributed by atoms with Gasteiger partial charge in [-0.3, -0.25) is 4.78 Å². The smallest absolute Gasteiger partial charge is 0.0453 e. The number of nitrogens with one attached hydrogen (secondary N) is 1. The van der Waals surface area contributed by atoms with E-state index in [2.05, 4.69) is 0 Å². The predicted molar refractivity (Wildman–Crippen MR) is 46.1 cm³/mol. The lowest BCUT2D eigenvalue weighted by Crippen LogP contribution is -2.48. The lowest BCUT2D eigenvalue weighted by Gasteiger charge is -2.45. The average molecular weight is 173 g/mol. The molecule has 1 aliphatic carbocycles. The molecule has 0 aromatic carbocycles. The van der Waals surface area contributed by atoms with Gasteiger partial charge in [0.1, 0.15) is 0 Å². The molecule has 64 valence electrons. The van der Waals surface area contributed by atoms with E-state index in [0.29, 0.717) is 16.9 Å². The SMILES string of the molecule is N=S1(=O)CC2(CCCCC2)C1. The molecular weight excluding hydrogens is 158 g/mol. The van der Waals surface area contributed by atoms with Gasteiger partial charge in [0, 0.05) is 21.2 Å². The first-order valence-electron chi connectivity index (χ1n) is 4.36. The van der Waals surface area contributed by atoms with Crippen LogP contribution in [0.5, 0.6) is 0 Å². The van der Waals surface area contributed by atoms with Crippen molar-refractivity contribution >= 4 is 9.73 Å². The van der Waals surface area contributed by atoms with Crippen molar-refractivity contribution in [2.24, 2.45) is 5.41 Å². The Labute approximate surface area is 68.4 Å². The molecule has 2 fully saturated rings. The van der Waals surface area contributed by atoms with Crippen LogP contribution >= 0.6 is 0 Å². The van der Waals surface area contributed by atoms with Crippen molar-refractivity contribution in [1.29, 1.82) is 4.78 Å². The van der Waals surface area contributed by atoms with Gasteiger partial charge >= 0.3 is 0 Å². The van der Waals surface area contributed by atoms with Crippen LogP contribution in [-0.2, 0) is 9.73 Å². The van der Waals surface area contributed by atoms with Crippen LogP contribution in [0.4, 0.5) is 0 Å². The first-order chi connectivity index (χ1) is 5.12. The molecular formula is C8H15NOS. The molecule has 3 heteroatoms. The summed E-state index contributed by atoms with van der Waals surface area (Å²) >= 11 is 0. The van der Waals surface area contributed by atoms with Gasteiger partial charge in [0.2, 0.25) is 0 Å². The molecule has 1 N–H and O–H groups in total. The second-order valence-electron chi connectivity index (χ2n) is 4.16. The molecule has 2 nitrogen and oxygen atoms in total. The summed E-state index contributed by atoms with van der Waals surface area (Å²) in [7, 11) is -2.09. The maximum atomic E-state index is 11.2. The summed E-state index contributed by atoms with van der Waals surface area (Å²) in [5.74, 6) is 1.42. The van der Waals surface area contributed by atoms with Crippen LogP contribution in [0, 0.1) is 10.2 Å². The molecule has 1 saturated carbocycles. The fraction of sp³-hybridized carbons (Fsp3) is 1.00. The third kappa shape index (κ3) is 1.31. The Morgan fingerprint density at radius 2 is 1.64 bits per heavy atom. The second-order valence-corrected chi connectivity index (χ2v) is 6.36. The van der Waals surface area contributed by atoms with Crippen molar-refractivity contribution in [1.82, 2.24) is 0 Å². The van der Waals surface area contributed by atoms with Gasteiger partial charge in [0.05, 0.1) is 0 Å². The molecule has 0 radical (unpaired) electrons. The minimum Gasteiger partial charge on any atom is -0.253 e. The van der Waals surface area contributed by atoms with E-state index in [1.165, 1.54) is 32.1 Å². The normalized spacial score (nSPS) is 33.1. The third-order valence-electron chi connectivity index (χ3n) is 2.99. The summed E-state index contributed by atoms with van der Waals surface area (Å²) in [6.45, 7) is 0. The maximum absolute atomic E-state index is 11.2. The molecule has 1 spiro atoms. The van der Waals surface area contributed by atoms with E-state index in [1.54, 1.807) is 0 Å². The third-order valence-corrected chi connectivity index (χ3v) is 5.15. The van der Waals surface area contributed by atoms with Gasteiger partial charge in [-0.1, -0.05) is 19.3 Å². The van der Waals surface area contributed by atoms with Crippen LogP contribution in [-0.4, -0.2) is 15.7 Å². The Morgan fingerprint density at radius 1 is 1.09 bits per heavy atom. The maximum Gasteiger partial charge on any atom is 0.0453 e. The highest BCUT2D eigenvalue weighted by atomic mass is 32.2. The standard InChI is InChI=1S/C8H15NOS/c9-11(10)6-8(7-11)4-2-1-3-5-8/h9H,1-7H2. The van der Waals surface area contributed by atoms with E-state index in [4.69, 9.17) is 4.78 Å².